The Labute approximate surface area is 137 Å². The van der Waals surface area contributed by atoms with Crippen molar-refractivity contribution in [1.82, 2.24) is 4.90 Å². The minimum atomic E-state index is -0.587. The number of Topliss-reactive ketones (excluding diaryl/α,β-unsaturated/α-hetero) is 1. The third-order valence-electron chi connectivity index (χ3n) is 4.37. The molecule has 4 rings (SSSR count). The number of piperazine rings is 1. The number of amides is 2. The van der Waals surface area contributed by atoms with E-state index in [1.54, 1.807) is 29.2 Å². The fourth-order valence-corrected chi connectivity index (χ4v) is 3.05. The molecule has 0 spiro atoms. The van der Waals surface area contributed by atoms with Gasteiger partial charge >= 0.3 is 0 Å². The minimum Gasteiger partial charge on any atom is -0.459 e. The Balaban J connectivity index is 1.46. The van der Waals surface area contributed by atoms with Gasteiger partial charge in [0.25, 0.3) is 17.6 Å². The van der Waals surface area contributed by atoms with Crippen molar-refractivity contribution in [2.24, 2.45) is 0 Å². The first-order valence-corrected chi connectivity index (χ1v) is 7.71. The van der Waals surface area contributed by atoms with Crippen LogP contribution in [0.15, 0.2) is 41.0 Å². The van der Waals surface area contributed by atoms with E-state index in [1.807, 2.05) is 6.07 Å². The quantitative estimate of drug-likeness (QED) is 0.844. The van der Waals surface area contributed by atoms with Crippen LogP contribution in [0, 0.1) is 0 Å². The van der Waals surface area contributed by atoms with E-state index >= 15 is 0 Å². The molecule has 1 N–H and O–H groups in total. The molecule has 7 nitrogen and oxygen atoms in total. The highest BCUT2D eigenvalue weighted by molar-refractivity contribution is 6.51. The maximum absolute atomic E-state index is 12.3. The van der Waals surface area contributed by atoms with Gasteiger partial charge in [-0.2, -0.15) is 0 Å². The van der Waals surface area contributed by atoms with E-state index in [0.29, 0.717) is 43.2 Å². The summed E-state index contributed by atoms with van der Waals surface area (Å²) in [6.07, 6.45) is 1.49. The van der Waals surface area contributed by atoms with Gasteiger partial charge in [0.05, 0.1) is 17.5 Å². The molecule has 0 atom stereocenters. The van der Waals surface area contributed by atoms with Gasteiger partial charge in [-0.1, -0.05) is 0 Å². The average molecular weight is 325 g/mol. The number of ketones is 1. The molecule has 7 heteroatoms. The summed E-state index contributed by atoms with van der Waals surface area (Å²) < 4.78 is 5.15. The Bertz CT molecular complexity index is 820. The standard InChI is InChI=1S/C17H15N3O4/c21-15-12-10-11(3-4-13(12)18-16(15)22)19-5-7-20(8-6-19)17(23)14-2-1-9-24-14/h1-4,9-10H,5-8H2,(H,18,21,22). The van der Waals surface area contributed by atoms with Crippen LogP contribution in [0.1, 0.15) is 20.9 Å². The zero-order valence-corrected chi connectivity index (χ0v) is 12.8. The van der Waals surface area contributed by atoms with Gasteiger partial charge < -0.3 is 19.5 Å². The number of nitrogens with zero attached hydrogens (tertiary/aromatic N) is 2. The van der Waals surface area contributed by atoms with Gasteiger partial charge in [-0.05, 0) is 30.3 Å². The van der Waals surface area contributed by atoms with E-state index in [0.717, 1.165) is 5.69 Å². The fourth-order valence-electron chi connectivity index (χ4n) is 3.05. The molecular formula is C17H15N3O4. The largest absolute Gasteiger partial charge is 0.459 e. The number of anilines is 2. The Morgan fingerprint density at radius 3 is 2.58 bits per heavy atom. The summed E-state index contributed by atoms with van der Waals surface area (Å²) in [5.74, 6) is -0.857. The molecule has 0 bridgehead atoms. The summed E-state index contributed by atoms with van der Waals surface area (Å²) in [4.78, 5) is 39.3. The third kappa shape index (κ3) is 2.34. The lowest BCUT2D eigenvalue weighted by Gasteiger charge is -2.35. The zero-order valence-electron chi connectivity index (χ0n) is 12.8. The average Bonchev–Trinajstić information content (AvgIpc) is 3.24. The second-order valence-corrected chi connectivity index (χ2v) is 5.77. The summed E-state index contributed by atoms with van der Waals surface area (Å²) in [5, 5.41) is 2.54. The van der Waals surface area contributed by atoms with E-state index < -0.39 is 11.7 Å². The van der Waals surface area contributed by atoms with Crippen LogP contribution in [0.5, 0.6) is 0 Å². The minimum absolute atomic E-state index is 0.112. The third-order valence-corrected chi connectivity index (χ3v) is 4.37. The smallest absolute Gasteiger partial charge is 0.296 e. The molecule has 0 aliphatic carbocycles. The predicted octanol–water partition coefficient (Wildman–Crippen LogP) is 1.38. The van der Waals surface area contributed by atoms with Crippen molar-refractivity contribution in [2.75, 3.05) is 36.4 Å². The summed E-state index contributed by atoms with van der Waals surface area (Å²) in [5.41, 5.74) is 1.84. The highest BCUT2D eigenvalue weighted by Gasteiger charge is 2.29. The first-order chi connectivity index (χ1) is 11.6. The summed E-state index contributed by atoms with van der Waals surface area (Å²) in [6, 6.07) is 8.71. The molecule has 2 aliphatic rings. The van der Waals surface area contributed by atoms with Crippen molar-refractivity contribution in [3.8, 4) is 0 Å². The first kappa shape index (κ1) is 14.5. The number of nitrogens with one attached hydrogen (secondary N) is 1. The van der Waals surface area contributed by atoms with E-state index in [2.05, 4.69) is 10.2 Å². The van der Waals surface area contributed by atoms with E-state index in [1.165, 1.54) is 6.26 Å². The lowest BCUT2D eigenvalue weighted by Crippen LogP contribution is -2.48. The second kappa shape index (κ2) is 5.52. The number of benzene rings is 1. The summed E-state index contributed by atoms with van der Waals surface area (Å²) in [6.45, 7) is 2.45. The maximum Gasteiger partial charge on any atom is 0.296 e. The molecule has 1 aromatic carbocycles. The Hall–Kier alpha value is -3.09. The normalized spacial score (nSPS) is 17.0. The van der Waals surface area contributed by atoms with Crippen LogP contribution in [-0.4, -0.2) is 48.7 Å². The SMILES string of the molecule is O=C1Nc2ccc(N3CCN(C(=O)c4ccco4)CC3)cc2C1=O. The van der Waals surface area contributed by atoms with Crippen LogP contribution in [0.2, 0.25) is 0 Å². The molecule has 2 aromatic rings. The molecule has 0 radical (unpaired) electrons. The topological polar surface area (TPSA) is 82.9 Å². The number of hydrogen-bond acceptors (Lipinski definition) is 5. The van der Waals surface area contributed by atoms with Gasteiger partial charge in [0.15, 0.2) is 5.76 Å². The van der Waals surface area contributed by atoms with E-state index in [9.17, 15) is 14.4 Å². The van der Waals surface area contributed by atoms with Gasteiger partial charge in [-0.15, -0.1) is 0 Å². The summed E-state index contributed by atoms with van der Waals surface area (Å²) in [7, 11) is 0. The molecule has 0 unspecified atom stereocenters. The predicted molar refractivity (Wildman–Crippen MR) is 86.2 cm³/mol. The van der Waals surface area contributed by atoms with Crippen molar-refractivity contribution in [1.29, 1.82) is 0 Å². The van der Waals surface area contributed by atoms with Crippen molar-refractivity contribution in [2.45, 2.75) is 0 Å². The molecule has 1 aromatic heterocycles. The van der Waals surface area contributed by atoms with Crippen molar-refractivity contribution in [3.63, 3.8) is 0 Å². The lowest BCUT2D eigenvalue weighted by atomic mass is 10.1. The van der Waals surface area contributed by atoms with Gasteiger partial charge in [0.1, 0.15) is 0 Å². The van der Waals surface area contributed by atoms with Crippen molar-refractivity contribution >= 4 is 29.0 Å². The van der Waals surface area contributed by atoms with Crippen LogP contribution < -0.4 is 10.2 Å². The summed E-state index contributed by atoms with van der Waals surface area (Å²) >= 11 is 0. The highest BCUT2D eigenvalue weighted by atomic mass is 16.3. The Kier molecular flexibility index (Phi) is 3.34. The van der Waals surface area contributed by atoms with Crippen molar-refractivity contribution in [3.05, 3.63) is 47.9 Å². The first-order valence-electron chi connectivity index (χ1n) is 7.71. The molecule has 122 valence electrons. The zero-order chi connectivity index (χ0) is 16.7. The van der Waals surface area contributed by atoms with Crippen LogP contribution in [0.3, 0.4) is 0 Å². The van der Waals surface area contributed by atoms with Gasteiger partial charge in [0.2, 0.25) is 0 Å². The van der Waals surface area contributed by atoms with E-state index in [4.69, 9.17) is 4.42 Å². The van der Waals surface area contributed by atoms with Crippen LogP contribution in [0.25, 0.3) is 0 Å². The van der Waals surface area contributed by atoms with Gasteiger partial charge in [-0.25, -0.2) is 0 Å². The van der Waals surface area contributed by atoms with Crippen LogP contribution >= 0.6 is 0 Å². The molecule has 2 aliphatic heterocycles. The maximum atomic E-state index is 12.3. The molecular weight excluding hydrogens is 310 g/mol. The number of rotatable bonds is 2. The number of carbonyl (C=O) groups is 3. The molecule has 24 heavy (non-hydrogen) atoms. The number of hydrogen-bond donors (Lipinski definition) is 1. The Morgan fingerprint density at radius 2 is 1.88 bits per heavy atom. The molecule has 1 fully saturated rings. The van der Waals surface area contributed by atoms with Crippen LogP contribution in [0.4, 0.5) is 11.4 Å². The molecule has 0 saturated carbocycles. The fraction of sp³-hybridized carbons (Fsp3) is 0.235. The Morgan fingerprint density at radius 1 is 1.08 bits per heavy atom. The second-order valence-electron chi connectivity index (χ2n) is 5.77. The number of fused-ring (bicyclic) bond motifs is 1. The number of furan rings is 1. The molecule has 2 amide bonds. The number of carbonyl (C=O) groups excluding carboxylic acids is 3. The molecule has 1 saturated heterocycles. The highest BCUT2D eigenvalue weighted by Crippen LogP contribution is 2.28. The van der Waals surface area contributed by atoms with Crippen LogP contribution in [-0.2, 0) is 4.79 Å². The lowest BCUT2D eigenvalue weighted by molar-refractivity contribution is -0.112. The monoisotopic (exact) mass is 325 g/mol. The van der Waals surface area contributed by atoms with Gasteiger partial charge in [-0.3, -0.25) is 14.4 Å². The van der Waals surface area contributed by atoms with Crippen molar-refractivity contribution < 1.29 is 18.8 Å². The van der Waals surface area contributed by atoms with E-state index in [-0.39, 0.29) is 5.91 Å². The van der Waals surface area contributed by atoms with Gasteiger partial charge in [0, 0.05) is 31.9 Å². The molecule has 3 heterocycles.